The van der Waals surface area contributed by atoms with Crippen molar-refractivity contribution in [3.8, 4) is 11.3 Å². The molecule has 0 spiro atoms. The Morgan fingerprint density at radius 2 is 1.83 bits per heavy atom. The molecule has 0 atom stereocenters. The van der Waals surface area contributed by atoms with Crippen molar-refractivity contribution >= 4 is 21.6 Å². The molecule has 3 aromatic rings. The number of nitrogens with zero attached hydrogens (tertiary/aromatic N) is 2. The van der Waals surface area contributed by atoms with Gasteiger partial charge in [-0.05, 0) is 23.8 Å². The number of imidazole rings is 1. The number of fused-ring (bicyclic) bond motifs is 1. The van der Waals surface area contributed by atoms with Gasteiger partial charge in [0.05, 0.1) is 12.3 Å². The summed E-state index contributed by atoms with van der Waals surface area (Å²) in [5, 5.41) is 9.11. The fraction of sp³-hybridized carbons (Fsp3) is 0.0714. The minimum Gasteiger partial charge on any atom is -0.392 e. The second kappa shape index (κ2) is 4.55. The predicted molar refractivity (Wildman–Crippen MR) is 74.3 cm³/mol. The van der Waals surface area contributed by atoms with Gasteiger partial charge in [-0.2, -0.15) is 0 Å². The highest BCUT2D eigenvalue weighted by atomic mass is 79.9. The lowest BCUT2D eigenvalue weighted by molar-refractivity contribution is 0.281. The third-order valence-electron chi connectivity index (χ3n) is 2.83. The summed E-state index contributed by atoms with van der Waals surface area (Å²) in [4.78, 5) is 4.55. The number of aromatic nitrogens is 2. The van der Waals surface area contributed by atoms with Crippen molar-refractivity contribution < 1.29 is 5.11 Å². The van der Waals surface area contributed by atoms with Crippen LogP contribution in [0.2, 0.25) is 0 Å². The Morgan fingerprint density at radius 3 is 2.56 bits per heavy atom. The van der Waals surface area contributed by atoms with E-state index in [4.69, 9.17) is 5.11 Å². The highest BCUT2D eigenvalue weighted by Crippen LogP contribution is 2.21. The van der Waals surface area contributed by atoms with Crippen LogP contribution in [0.4, 0.5) is 0 Å². The van der Waals surface area contributed by atoms with Crippen LogP contribution in [0.3, 0.4) is 0 Å². The van der Waals surface area contributed by atoms with Crippen LogP contribution in [0.15, 0.2) is 53.3 Å². The topological polar surface area (TPSA) is 37.5 Å². The molecule has 3 rings (SSSR count). The summed E-state index contributed by atoms with van der Waals surface area (Å²) in [6, 6.07) is 11.8. The van der Waals surface area contributed by atoms with E-state index in [9.17, 15) is 0 Å². The smallest absolute Gasteiger partial charge is 0.137 e. The van der Waals surface area contributed by atoms with E-state index in [-0.39, 0.29) is 6.61 Å². The van der Waals surface area contributed by atoms with Gasteiger partial charge in [-0.15, -0.1) is 0 Å². The molecule has 4 heteroatoms. The van der Waals surface area contributed by atoms with Gasteiger partial charge in [0.15, 0.2) is 0 Å². The first-order valence-electron chi connectivity index (χ1n) is 5.61. The average Bonchev–Trinajstić information content (AvgIpc) is 2.82. The monoisotopic (exact) mass is 302 g/mol. The largest absolute Gasteiger partial charge is 0.392 e. The van der Waals surface area contributed by atoms with E-state index in [0.717, 1.165) is 26.9 Å². The van der Waals surface area contributed by atoms with Crippen molar-refractivity contribution in [2.45, 2.75) is 6.61 Å². The molecular weight excluding hydrogens is 292 g/mol. The van der Waals surface area contributed by atoms with Crippen molar-refractivity contribution in [2.24, 2.45) is 0 Å². The molecule has 0 saturated carbocycles. The van der Waals surface area contributed by atoms with Crippen LogP contribution < -0.4 is 0 Å². The standard InChI is InChI=1S/C14H11BrN2O/c15-12-4-2-11(3-5-12)13-8-17-7-10(9-18)1-6-14(17)16-13/h1-8,18H,9H2. The van der Waals surface area contributed by atoms with Gasteiger partial charge >= 0.3 is 0 Å². The number of aliphatic hydroxyl groups is 1. The molecule has 0 bridgehead atoms. The van der Waals surface area contributed by atoms with Gasteiger partial charge in [0.1, 0.15) is 5.65 Å². The molecule has 0 aliphatic heterocycles. The summed E-state index contributed by atoms with van der Waals surface area (Å²) in [7, 11) is 0. The summed E-state index contributed by atoms with van der Waals surface area (Å²) in [5.74, 6) is 0. The molecule has 2 heterocycles. The Labute approximate surface area is 113 Å². The number of hydrogen-bond acceptors (Lipinski definition) is 2. The molecule has 3 nitrogen and oxygen atoms in total. The molecule has 0 amide bonds. The Morgan fingerprint density at radius 1 is 1.06 bits per heavy atom. The van der Waals surface area contributed by atoms with Crippen molar-refractivity contribution in [3.05, 3.63) is 58.8 Å². The van der Waals surface area contributed by atoms with Crippen molar-refractivity contribution in [1.29, 1.82) is 0 Å². The lowest BCUT2D eigenvalue weighted by Crippen LogP contribution is -1.88. The third kappa shape index (κ3) is 2.05. The van der Waals surface area contributed by atoms with Crippen LogP contribution >= 0.6 is 15.9 Å². The number of aliphatic hydroxyl groups excluding tert-OH is 1. The number of pyridine rings is 1. The molecule has 0 saturated heterocycles. The zero-order valence-corrected chi connectivity index (χ0v) is 11.1. The van der Waals surface area contributed by atoms with E-state index in [1.807, 2.05) is 53.2 Å². The maximum absolute atomic E-state index is 9.11. The first kappa shape index (κ1) is 11.4. The maximum atomic E-state index is 9.11. The zero-order chi connectivity index (χ0) is 12.5. The van der Waals surface area contributed by atoms with Crippen molar-refractivity contribution in [1.82, 2.24) is 9.38 Å². The highest BCUT2D eigenvalue weighted by Gasteiger charge is 2.04. The molecule has 2 aromatic heterocycles. The molecule has 90 valence electrons. The van der Waals surface area contributed by atoms with E-state index >= 15 is 0 Å². The molecule has 18 heavy (non-hydrogen) atoms. The summed E-state index contributed by atoms with van der Waals surface area (Å²) in [6.45, 7) is 0.0434. The van der Waals surface area contributed by atoms with Gasteiger partial charge in [-0.25, -0.2) is 4.98 Å². The fourth-order valence-electron chi connectivity index (χ4n) is 1.89. The SMILES string of the molecule is OCc1ccc2nc(-c3ccc(Br)cc3)cn2c1. The average molecular weight is 303 g/mol. The van der Waals surface area contributed by atoms with E-state index in [0.29, 0.717) is 0 Å². The molecule has 0 fully saturated rings. The first-order chi connectivity index (χ1) is 8.76. The predicted octanol–water partition coefficient (Wildman–Crippen LogP) is 3.26. The van der Waals surface area contributed by atoms with Crippen molar-refractivity contribution in [3.63, 3.8) is 0 Å². The first-order valence-corrected chi connectivity index (χ1v) is 6.40. The summed E-state index contributed by atoms with van der Waals surface area (Å²) in [5.41, 5.74) is 3.76. The highest BCUT2D eigenvalue weighted by molar-refractivity contribution is 9.10. The van der Waals surface area contributed by atoms with Crippen LogP contribution in [0.25, 0.3) is 16.9 Å². The Bertz CT molecular complexity index is 689. The maximum Gasteiger partial charge on any atom is 0.137 e. The van der Waals surface area contributed by atoms with Gasteiger partial charge in [-0.3, -0.25) is 0 Å². The van der Waals surface area contributed by atoms with E-state index in [1.54, 1.807) is 0 Å². The summed E-state index contributed by atoms with van der Waals surface area (Å²) < 4.78 is 2.99. The molecule has 1 aromatic carbocycles. The minimum atomic E-state index is 0.0434. The van der Waals surface area contributed by atoms with Gasteiger partial charge < -0.3 is 9.51 Å². The summed E-state index contributed by atoms with van der Waals surface area (Å²) in [6.07, 6.45) is 3.86. The Balaban J connectivity index is 2.10. The van der Waals surface area contributed by atoms with E-state index < -0.39 is 0 Å². The molecule has 0 aliphatic rings. The van der Waals surface area contributed by atoms with Crippen LogP contribution in [-0.2, 0) is 6.61 Å². The van der Waals surface area contributed by atoms with Gasteiger partial charge in [0, 0.05) is 22.4 Å². The molecule has 0 aliphatic carbocycles. The van der Waals surface area contributed by atoms with Crippen LogP contribution in [0.5, 0.6) is 0 Å². The minimum absolute atomic E-state index is 0.0434. The molecule has 0 unspecified atom stereocenters. The quantitative estimate of drug-likeness (QED) is 0.789. The summed E-state index contributed by atoms with van der Waals surface area (Å²) >= 11 is 3.42. The third-order valence-corrected chi connectivity index (χ3v) is 3.36. The number of hydrogen-bond donors (Lipinski definition) is 1. The second-order valence-electron chi connectivity index (χ2n) is 4.09. The lowest BCUT2D eigenvalue weighted by Gasteiger charge is -1.96. The zero-order valence-electron chi connectivity index (χ0n) is 9.55. The van der Waals surface area contributed by atoms with E-state index in [1.165, 1.54) is 0 Å². The normalized spacial score (nSPS) is 11.0. The van der Waals surface area contributed by atoms with Gasteiger partial charge in [0.2, 0.25) is 0 Å². The lowest BCUT2D eigenvalue weighted by atomic mass is 10.2. The van der Waals surface area contributed by atoms with Crippen LogP contribution in [0.1, 0.15) is 5.56 Å². The molecule has 0 radical (unpaired) electrons. The van der Waals surface area contributed by atoms with Gasteiger partial charge in [-0.1, -0.05) is 34.1 Å². The van der Waals surface area contributed by atoms with Crippen LogP contribution in [0, 0.1) is 0 Å². The number of halogens is 1. The Kier molecular flexibility index (Phi) is 2.89. The molecule has 1 N–H and O–H groups in total. The molecular formula is C14H11BrN2O. The van der Waals surface area contributed by atoms with Gasteiger partial charge in [0.25, 0.3) is 0 Å². The fourth-order valence-corrected chi connectivity index (χ4v) is 2.16. The van der Waals surface area contributed by atoms with Crippen molar-refractivity contribution in [2.75, 3.05) is 0 Å². The number of rotatable bonds is 2. The second-order valence-corrected chi connectivity index (χ2v) is 5.01. The Hall–Kier alpha value is -1.65. The number of benzene rings is 1. The van der Waals surface area contributed by atoms with Crippen LogP contribution in [-0.4, -0.2) is 14.5 Å². The van der Waals surface area contributed by atoms with E-state index in [2.05, 4.69) is 20.9 Å².